The van der Waals surface area contributed by atoms with E-state index in [0.717, 1.165) is 11.3 Å². The summed E-state index contributed by atoms with van der Waals surface area (Å²) in [4.78, 5) is 3.84. The van der Waals surface area contributed by atoms with Crippen LogP contribution >= 0.6 is 0 Å². The highest BCUT2D eigenvalue weighted by molar-refractivity contribution is 5.79. The van der Waals surface area contributed by atoms with Gasteiger partial charge in [-0.2, -0.15) is 0 Å². The van der Waals surface area contributed by atoms with Gasteiger partial charge < -0.3 is 5.73 Å². The second-order valence-corrected chi connectivity index (χ2v) is 2.12. The van der Waals surface area contributed by atoms with Crippen LogP contribution in [0.5, 0.6) is 0 Å². The fraction of sp³-hybridized carbons (Fsp3) is 0.222. The van der Waals surface area contributed by atoms with Crippen molar-refractivity contribution in [1.82, 2.24) is 0 Å². The summed E-state index contributed by atoms with van der Waals surface area (Å²) in [6.45, 7) is 5.45. The Bertz CT molecular complexity index is 210. The predicted octanol–water partition coefficient (Wildman–Crippen LogP) is 1.66. The fourth-order valence-electron chi connectivity index (χ4n) is 0.571. The summed E-state index contributed by atoms with van der Waals surface area (Å²) in [5, 5.41) is 0. The molecule has 0 aromatic rings. The molecule has 60 valence electrons. The van der Waals surface area contributed by atoms with Crippen LogP contribution in [0.3, 0.4) is 0 Å². The summed E-state index contributed by atoms with van der Waals surface area (Å²) in [7, 11) is 1.72. The number of hydrogen-bond acceptors (Lipinski definition) is 2. The van der Waals surface area contributed by atoms with Crippen molar-refractivity contribution in [3.05, 3.63) is 36.1 Å². The largest absolute Gasteiger partial charge is 0.398 e. The van der Waals surface area contributed by atoms with Gasteiger partial charge in [-0.1, -0.05) is 18.7 Å². The van der Waals surface area contributed by atoms with E-state index in [2.05, 4.69) is 11.6 Å². The van der Waals surface area contributed by atoms with Gasteiger partial charge in [-0.3, -0.25) is 4.99 Å². The maximum absolute atomic E-state index is 5.64. The Morgan fingerprint density at radius 2 is 2.18 bits per heavy atom. The molecule has 0 saturated carbocycles. The molecule has 0 unspecified atom stereocenters. The number of rotatable bonds is 3. The van der Waals surface area contributed by atoms with Crippen LogP contribution in [0.25, 0.3) is 0 Å². The molecule has 0 rings (SSSR count). The van der Waals surface area contributed by atoms with Crippen molar-refractivity contribution >= 4 is 6.21 Å². The van der Waals surface area contributed by atoms with Crippen LogP contribution in [0.15, 0.2) is 41.1 Å². The molecule has 0 aliphatic heterocycles. The Labute approximate surface area is 67.8 Å². The number of aliphatic imine (C=N–C) groups is 1. The van der Waals surface area contributed by atoms with Gasteiger partial charge in [0.2, 0.25) is 0 Å². The molecule has 0 aromatic carbocycles. The van der Waals surface area contributed by atoms with E-state index >= 15 is 0 Å². The average Bonchev–Trinajstić information content (AvgIpc) is 2.00. The molecule has 0 bridgehead atoms. The minimum atomic E-state index is 0.718. The third-order valence-corrected chi connectivity index (χ3v) is 1.19. The number of hydrogen-bond donors (Lipinski definition) is 1. The van der Waals surface area contributed by atoms with Crippen LogP contribution in [0, 0.1) is 0 Å². The first-order valence-electron chi connectivity index (χ1n) is 3.40. The van der Waals surface area contributed by atoms with Crippen molar-refractivity contribution in [2.45, 2.75) is 6.92 Å². The van der Waals surface area contributed by atoms with Crippen LogP contribution in [0.2, 0.25) is 0 Å². The molecule has 2 nitrogen and oxygen atoms in total. The van der Waals surface area contributed by atoms with Gasteiger partial charge in [0.1, 0.15) is 0 Å². The van der Waals surface area contributed by atoms with Crippen LogP contribution < -0.4 is 5.73 Å². The van der Waals surface area contributed by atoms with Gasteiger partial charge in [-0.25, -0.2) is 0 Å². The maximum atomic E-state index is 5.64. The quantitative estimate of drug-likeness (QED) is 0.482. The standard InChI is InChI=1S/C9H14N2/c1-4-5-6-9(10)8(2)7-11-3/h4-7H,1,10H2,2-3H3/b6-5-,9-8-,11-7?. The van der Waals surface area contributed by atoms with Crippen molar-refractivity contribution in [1.29, 1.82) is 0 Å². The van der Waals surface area contributed by atoms with Gasteiger partial charge in [0.05, 0.1) is 0 Å². The molecule has 0 aliphatic carbocycles. The third kappa shape index (κ3) is 4.14. The summed E-state index contributed by atoms with van der Waals surface area (Å²) in [6, 6.07) is 0. The van der Waals surface area contributed by atoms with E-state index in [0.29, 0.717) is 0 Å². The highest BCUT2D eigenvalue weighted by Crippen LogP contribution is 1.95. The Balaban J connectivity index is 4.38. The normalized spacial score (nSPS) is 14.0. The first-order chi connectivity index (χ1) is 5.22. The molecule has 0 aromatic heterocycles. The van der Waals surface area contributed by atoms with E-state index in [-0.39, 0.29) is 0 Å². The summed E-state index contributed by atoms with van der Waals surface area (Å²) in [6.07, 6.45) is 7.00. The fourth-order valence-corrected chi connectivity index (χ4v) is 0.571. The molecule has 11 heavy (non-hydrogen) atoms. The molecular weight excluding hydrogens is 136 g/mol. The van der Waals surface area contributed by atoms with Gasteiger partial charge in [0.25, 0.3) is 0 Å². The molecule has 2 N–H and O–H groups in total. The van der Waals surface area contributed by atoms with Gasteiger partial charge in [0.15, 0.2) is 0 Å². The van der Waals surface area contributed by atoms with E-state index in [4.69, 9.17) is 5.73 Å². The summed E-state index contributed by atoms with van der Waals surface area (Å²) in [5.41, 5.74) is 7.32. The molecule has 0 aliphatic rings. The average molecular weight is 150 g/mol. The van der Waals surface area contributed by atoms with Gasteiger partial charge in [-0.05, 0) is 18.6 Å². The van der Waals surface area contributed by atoms with E-state index in [1.165, 1.54) is 0 Å². The summed E-state index contributed by atoms with van der Waals surface area (Å²) in [5.74, 6) is 0. The van der Waals surface area contributed by atoms with Crippen LogP contribution in [-0.4, -0.2) is 13.3 Å². The van der Waals surface area contributed by atoms with E-state index in [9.17, 15) is 0 Å². The lowest BCUT2D eigenvalue weighted by Gasteiger charge is -1.94. The lowest BCUT2D eigenvalue weighted by Crippen LogP contribution is -1.97. The van der Waals surface area contributed by atoms with Gasteiger partial charge in [0, 0.05) is 19.0 Å². The van der Waals surface area contributed by atoms with Crippen LogP contribution in [0.4, 0.5) is 0 Å². The van der Waals surface area contributed by atoms with E-state index in [1.807, 2.05) is 6.92 Å². The number of nitrogens with two attached hydrogens (primary N) is 1. The highest BCUT2D eigenvalue weighted by atomic mass is 14.6. The molecule has 0 heterocycles. The molecule has 2 heteroatoms. The summed E-state index contributed by atoms with van der Waals surface area (Å²) < 4.78 is 0. The molecule has 0 spiro atoms. The zero-order valence-electron chi connectivity index (χ0n) is 7.04. The Kier molecular flexibility index (Phi) is 4.82. The highest BCUT2D eigenvalue weighted by Gasteiger charge is 1.87. The number of allylic oxidation sites excluding steroid dienone is 4. The minimum Gasteiger partial charge on any atom is -0.398 e. The SMILES string of the molecule is C=C/C=C\C(N)=C(/C)C=NC. The van der Waals surface area contributed by atoms with Crippen molar-refractivity contribution in [3.8, 4) is 0 Å². The third-order valence-electron chi connectivity index (χ3n) is 1.19. The van der Waals surface area contributed by atoms with Crippen LogP contribution in [-0.2, 0) is 0 Å². The molecule has 0 radical (unpaired) electrons. The lowest BCUT2D eigenvalue weighted by atomic mass is 10.2. The Morgan fingerprint density at radius 3 is 2.64 bits per heavy atom. The smallest absolute Gasteiger partial charge is 0.0359 e. The topological polar surface area (TPSA) is 38.4 Å². The minimum absolute atomic E-state index is 0.718. The first-order valence-corrected chi connectivity index (χ1v) is 3.40. The van der Waals surface area contributed by atoms with Crippen molar-refractivity contribution in [3.63, 3.8) is 0 Å². The zero-order chi connectivity index (χ0) is 8.69. The molecule has 0 atom stereocenters. The van der Waals surface area contributed by atoms with Crippen molar-refractivity contribution in [2.24, 2.45) is 10.7 Å². The molecule has 0 saturated heterocycles. The maximum Gasteiger partial charge on any atom is 0.0359 e. The predicted molar refractivity (Wildman–Crippen MR) is 50.6 cm³/mol. The Morgan fingerprint density at radius 1 is 1.55 bits per heavy atom. The molecular formula is C9H14N2. The molecule has 0 amide bonds. The van der Waals surface area contributed by atoms with Crippen molar-refractivity contribution in [2.75, 3.05) is 7.05 Å². The van der Waals surface area contributed by atoms with Gasteiger partial charge in [-0.15, -0.1) is 0 Å². The summed E-state index contributed by atoms with van der Waals surface area (Å²) >= 11 is 0. The Hall–Kier alpha value is -1.31. The first kappa shape index (κ1) is 9.69. The lowest BCUT2D eigenvalue weighted by molar-refractivity contribution is 1.34. The van der Waals surface area contributed by atoms with E-state index in [1.54, 1.807) is 31.5 Å². The van der Waals surface area contributed by atoms with E-state index < -0.39 is 0 Å². The monoisotopic (exact) mass is 150 g/mol. The van der Waals surface area contributed by atoms with Gasteiger partial charge >= 0.3 is 0 Å². The van der Waals surface area contributed by atoms with Crippen molar-refractivity contribution < 1.29 is 0 Å². The second-order valence-electron chi connectivity index (χ2n) is 2.12. The second kappa shape index (κ2) is 5.47. The zero-order valence-corrected chi connectivity index (χ0v) is 7.04. The van der Waals surface area contributed by atoms with Crippen LogP contribution in [0.1, 0.15) is 6.92 Å². The molecule has 0 fully saturated rings. The number of nitrogens with zero attached hydrogens (tertiary/aromatic N) is 1.